The van der Waals surface area contributed by atoms with Crippen LogP contribution < -0.4 is 14.8 Å². The summed E-state index contributed by atoms with van der Waals surface area (Å²) in [6.07, 6.45) is 3.26. The lowest BCUT2D eigenvalue weighted by molar-refractivity contribution is 0.129. The molecule has 1 aromatic carbocycles. The second kappa shape index (κ2) is 12.4. The van der Waals surface area contributed by atoms with Crippen LogP contribution in [0.1, 0.15) is 31.7 Å². The van der Waals surface area contributed by atoms with E-state index in [0.29, 0.717) is 6.54 Å². The van der Waals surface area contributed by atoms with Gasteiger partial charge in [0.15, 0.2) is 5.96 Å². The third-order valence-electron chi connectivity index (χ3n) is 3.87. The molecule has 0 aliphatic carbocycles. The van der Waals surface area contributed by atoms with Gasteiger partial charge in [-0.15, -0.1) is 0 Å². The minimum absolute atomic E-state index is 0.694. The summed E-state index contributed by atoms with van der Waals surface area (Å²) in [7, 11) is 7.13. The van der Waals surface area contributed by atoms with E-state index in [2.05, 4.69) is 22.1 Å². The number of guanidine groups is 1. The molecule has 0 saturated heterocycles. The Balaban J connectivity index is 2.47. The Bertz CT molecular complexity index is 521. The van der Waals surface area contributed by atoms with Crippen molar-refractivity contribution in [2.75, 3.05) is 48.1 Å². The highest BCUT2D eigenvalue weighted by Gasteiger charge is 2.11. The van der Waals surface area contributed by atoms with E-state index in [1.165, 1.54) is 6.42 Å². The molecular formula is C19H33N3O3. The lowest BCUT2D eigenvalue weighted by Gasteiger charge is -2.23. The lowest BCUT2D eigenvalue weighted by atomic mass is 10.2. The molecule has 0 atom stereocenters. The third-order valence-corrected chi connectivity index (χ3v) is 3.87. The van der Waals surface area contributed by atoms with Gasteiger partial charge in [-0.2, -0.15) is 0 Å². The summed E-state index contributed by atoms with van der Waals surface area (Å²) in [6, 6.07) is 5.85. The minimum atomic E-state index is 0.694. The number of hydrogen-bond donors (Lipinski definition) is 1. The summed E-state index contributed by atoms with van der Waals surface area (Å²) in [5.41, 5.74) is 1.08. The van der Waals surface area contributed by atoms with Crippen LogP contribution in [0, 0.1) is 0 Å². The van der Waals surface area contributed by atoms with Crippen LogP contribution in [0.25, 0.3) is 0 Å². The molecule has 0 aromatic heterocycles. The summed E-state index contributed by atoms with van der Waals surface area (Å²) >= 11 is 0. The van der Waals surface area contributed by atoms with E-state index in [1.807, 2.05) is 25.2 Å². The van der Waals surface area contributed by atoms with Gasteiger partial charge in [0, 0.05) is 52.0 Å². The van der Waals surface area contributed by atoms with Crippen LogP contribution in [0.2, 0.25) is 0 Å². The highest BCUT2D eigenvalue weighted by Crippen LogP contribution is 2.25. The zero-order valence-corrected chi connectivity index (χ0v) is 16.3. The average Bonchev–Trinajstić information content (AvgIpc) is 2.64. The SMILES string of the molecule is CCCCOCCCNC(=NC)N(C)Cc1ccc(OC)cc1OC. The molecule has 25 heavy (non-hydrogen) atoms. The number of methoxy groups -OCH3 is 2. The Hall–Kier alpha value is -1.95. The summed E-state index contributed by atoms with van der Waals surface area (Å²) < 4.78 is 16.3. The van der Waals surface area contributed by atoms with Gasteiger partial charge >= 0.3 is 0 Å². The van der Waals surface area contributed by atoms with Gasteiger partial charge in [0.25, 0.3) is 0 Å². The molecular weight excluding hydrogens is 318 g/mol. The van der Waals surface area contributed by atoms with E-state index >= 15 is 0 Å². The van der Waals surface area contributed by atoms with Crippen molar-refractivity contribution in [2.45, 2.75) is 32.7 Å². The fourth-order valence-corrected chi connectivity index (χ4v) is 2.42. The van der Waals surface area contributed by atoms with E-state index in [-0.39, 0.29) is 0 Å². The third kappa shape index (κ3) is 7.65. The molecule has 0 unspecified atom stereocenters. The maximum atomic E-state index is 5.58. The first kappa shape index (κ1) is 21.1. The van der Waals surface area contributed by atoms with Crippen LogP contribution in [0.3, 0.4) is 0 Å². The average molecular weight is 351 g/mol. The molecule has 142 valence electrons. The fourth-order valence-electron chi connectivity index (χ4n) is 2.42. The topological polar surface area (TPSA) is 55.3 Å². The molecule has 0 aliphatic rings. The highest BCUT2D eigenvalue weighted by molar-refractivity contribution is 5.79. The van der Waals surface area contributed by atoms with Gasteiger partial charge in [-0.1, -0.05) is 13.3 Å². The largest absolute Gasteiger partial charge is 0.497 e. The van der Waals surface area contributed by atoms with Crippen molar-refractivity contribution in [1.82, 2.24) is 10.2 Å². The number of rotatable bonds is 11. The van der Waals surface area contributed by atoms with Crippen LogP contribution in [0.5, 0.6) is 11.5 Å². The molecule has 6 heteroatoms. The number of unbranched alkanes of at least 4 members (excludes halogenated alkanes) is 1. The molecule has 0 heterocycles. The second-order valence-corrected chi connectivity index (χ2v) is 5.83. The monoisotopic (exact) mass is 351 g/mol. The van der Waals surface area contributed by atoms with Crippen LogP contribution >= 0.6 is 0 Å². The summed E-state index contributed by atoms with van der Waals surface area (Å²) in [5, 5.41) is 3.37. The van der Waals surface area contributed by atoms with Crippen molar-refractivity contribution in [3.05, 3.63) is 23.8 Å². The number of ether oxygens (including phenoxy) is 3. The zero-order valence-electron chi connectivity index (χ0n) is 16.3. The van der Waals surface area contributed by atoms with E-state index in [0.717, 1.165) is 55.6 Å². The normalized spacial score (nSPS) is 11.3. The van der Waals surface area contributed by atoms with Gasteiger partial charge in [-0.05, 0) is 25.0 Å². The van der Waals surface area contributed by atoms with Crippen molar-refractivity contribution >= 4 is 5.96 Å². The van der Waals surface area contributed by atoms with E-state index in [4.69, 9.17) is 14.2 Å². The summed E-state index contributed by atoms with van der Waals surface area (Å²) in [4.78, 5) is 6.42. The molecule has 1 N–H and O–H groups in total. The van der Waals surface area contributed by atoms with Crippen molar-refractivity contribution in [2.24, 2.45) is 4.99 Å². The predicted octanol–water partition coefficient (Wildman–Crippen LogP) is 2.92. The van der Waals surface area contributed by atoms with Gasteiger partial charge in [0.2, 0.25) is 0 Å². The Labute approximate surface area is 152 Å². The molecule has 1 rings (SSSR count). The first-order chi connectivity index (χ1) is 12.2. The van der Waals surface area contributed by atoms with Gasteiger partial charge in [-0.3, -0.25) is 4.99 Å². The summed E-state index contributed by atoms with van der Waals surface area (Å²) in [6.45, 7) is 5.33. The van der Waals surface area contributed by atoms with Crippen LogP contribution in [-0.2, 0) is 11.3 Å². The standard InChI is InChI=1S/C19H33N3O3/c1-6-7-12-25-13-8-11-21-19(20-2)22(3)15-16-9-10-17(23-4)14-18(16)24-5/h9-10,14H,6-8,11-13,15H2,1-5H3,(H,20,21). The first-order valence-corrected chi connectivity index (χ1v) is 8.86. The number of hydrogen-bond acceptors (Lipinski definition) is 4. The van der Waals surface area contributed by atoms with Crippen LogP contribution in [-0.4, -0.2) is 58.9 Å². The number of aliphatic imine (C=N–C) groups is 1. The Morgan fingerprint density at radius 1 is 1.16 bits per heavy atom. The molecule has 0 amide bonds. The van der Waals surface area contributed by atoms with E-state index in [9.17, 15) is 0 Å². The number of nitrogens with one attached hydrogen (secondary N) is 1. The Morgan fingerprint density at radius 3 is 2.56 bits per heavy atom. The van der Waals surface area contributed by atoms with Gasteiger partial charge < -0.3 is 24.4 Å². The van der Waals surface area contributed by atoms with Gasteiger partial charge in [0.05, 0.1) is 14.2 Å². The molecule has 0 aliphatic heterocycles. The van der Waals surface area contributed by atoms with Crippen molar-refractivity contribution in [3.8, 4) is 11.5 Å². The Kier molecular flexibility index (Phi) is 10.5. The van der Waals surface area contributed by atoms with Gasteiger partial charge in [0.1, 0.15) is 11.5 Å². The maximum Gasteiger partial charge on any atom is 0.193 e. The second-order valence-electron chi connectivity index (χ2n) is 5.83. The molecule has 0 bridgehead atoms. The van der Waals surface area contributed by atoms with Gasteiger partial charge in [-0.25, -0.2) is 0 Å². The number of nitrogens with zero attached hydrogens (tertiary/aromatic N) is 2. The first-order valence-electron chi connectivity index (χ1n) is 8.86. The molecule has 1 aromatic rings. The molecule has 0 saturated carbocycles. The van der Waals surface area contributed by atoms with Crippen molar-refractivity contribution < 1.29 is 14.2 Å². The maximum absolute atomic E-state index is 5.58. The van der Waals surface area contributed by atoms with E-state index in [1.54, 1.807) is 21.3 Å². The lowest BCUT2D eigenvalue weighted by Crippen LogP contribution is -2.39. The Morgan fingerprint density at radius 2 is 1.92 bits per heavy atom. The molecule has 0 fully saturated rings. The fraction of sp³-hybridized carbons (Fsp3) is 0.632. The van der Waals surface area contributed by atoms with Crippen LogP contribution in [0.4, 0.5) is 0 Å². The predicted molar refractivity (Wildman–Crippen MR) is 103 cm³/mol. The smallest absolute Gasteiger partial charge is 0.193 e. The quantitative estimate of drug-likeness (QED) is 0.377. The molecule has 6 nitrogen and oxygen atoms in total. The molecule has 0 spiro atoms. The van der Waals surface area contributed by atoms with Crippen molar-refractivity contribution in [1.29, 1.82) is 0 Å². The zero-order chi connectivity index (χ0) is 18.5. The van der Waals surface area contributed by atoms with E-state index < -0.39 is 0 Å². The van der Waals surface area contributed by atoms with Crippen molar-refractivity contribution in [3.63, 3.8) is 0 Å². The van der Waals surface area contributed by atoms with Crippen LogP contribution in [0.15, 0.2) is 23.2 Å². The summed E-state index contributed by atoms with van der Waals surface area (Å²) in [5.74, 6) is 2.45. The number of benzene rings is 1. The minimum Gasteiger partial charge on any atom is -0.497 e. The molecule has 0 radical (unpaired) electrons. The highest BCUT2D eigenvalue weighted by atomic mass is 16.5.